The van der Waals surface area contributed by atoms with Crippen LogP contribution in [0.25, 0.3) is 27.9 Å². The van der Waals surface area contributed by atoms with Gasteiger partial charge in [-0.2, -0.15) is 9.97 Å². The Morgan fingerprint density at radius 2 is 1.97 bits per heavy atom. The molecule has 1 fully saturated rings. The molecule has 0 atom stereocenters. The van der Waals surface area contributed by atoms with Crippen molar-refractivity contribution in [2.24, 2.45) is 0 Å². The minimum Gasteiger partial charge on any atom is -0.470 e. The van der Waals surface area contributed by atoms with E-state index in [0.29, 0.717) is 60.7 Å². The summed E-state index contributed by atoms with van der Waals surface area (Å²) in [6, 6.07) is 7.38. The molecule has 0 spiro atoms. The highest BCUT2D eigenvalue weighted by Gasteiger charge is 2.28. The Hall–Kier alpha value is -4.32. The molecule has 12 nitrogen and oxygen atoms in total. The molecule has 5 heterocycles. The van der Waals surface area contributed by atoms with Crippen molar-refractivity contribution in [3.63, 3.8) is 0 Å². The number of nitrogens with zero attached hydrogens (tertiary/aromatic N) is 7. The topological polar surface area (TPSA) is 130 Å². The molecule has 202 valence electrons. The maximum atomic E-state index is 12.5. The van der Waals surface area contributed by atoms with E-state index in [-0.39, 0.29) is 6.09 Å². The number of carbonyl (C=O) groups is 1. The molecular weight excluding hydrogens is 522 g/mol. The molecule has 0 saturated carbocycles. The lowest BCUT2D eigenvalue weighted by molar-refractivity contribution is 0.0240. The highest BCUT2D eigenvalue weighted by atomic mass is 35.5. The van der Waals surface area contributed by atoms with Gasteiger partial charge < -0.3 is 29.3 Å². The molecule has 1 aromatic carbocycles. The molecule has 0 bridgehead atoms. The summed E-state index contributed by atoms with van der Waals surface area (Å²) in [5, 5.41) is 4.03. The van der Waals surface area contributed by atoms with Crippen molar-refractivity contribution < 1.29 is 13.9 Å². The lowest BCUT2D eigenvalue weighted by atomic mass is 10.2. The maximum Gasteiger partial charge on any atom is 0.410 e. The van der Waals surface area contributed by atoms with Gasteiger partial charge in [0.25, 0.3) is 0 Å². The average molecular weight is 550 g/mol. The number of ether oxygens (including phenoxy) is 1. The summed E-state index contributed by atoms with van der Waals surface area (Å²) in [4.78, 5) is 38.5. The molecule has 4 aromatic heterocycles. The Morgan fingerprint density at radius 1 is 1.15 bits per heavy atom. The van der Waals surface area contributed by atoms with E-state index in [1.807, 2.05) is 49.6 Å². The van der Waals surface area contributed by atoms with Crippen LogP contribution in [0.5, 0.6) is 0 Å². The third kappa shape index (κ3) is 5.19. The first-order chi connectivity index (χ1) is 18.7. The standard InChI is InChI=1S/C26H28ClN9O3/c1-26(2,3)39-25(37)35-9-7-34(8-10-35)24-32-22(21-23(33-24)36(15-29-21)17-6-11-38-14-17)28-13-20-30-18-5-4-16(27)12-19(18)31-20/h4-6,11-12,14-15H,7-10,13H2,1-3H3,(H,30,31)(H,28,32,33). The summed E-state index contributed by atoms with van der Waals surface area (Å²) in [6.07, 6.45) is 4.62. The summed E-state index contributed by atoms with van der Waals surface area (Å²) < 4.78 is 12.7. The van der Waals surface area contributed by atoms with Crippen LogP contribution >= 0.6 is 11.6 Å². The number of H-pyrrole nitrogens is 1. The fraction of sp³-hybridized carbons (Fsp3) is 0.346. The van der Waals surface area contributed by atoms with Crippen molar-refractivity contribution in [1.29, 1.82) is 0 Å². The van der Waals surface area contributed by atoms with Crippen molar-refractivity contribution >= 4 is 51.7 Å². The normalized spacial score (nSPS) is 14.4. The molecule has 1 saturated heterocycles. The van der Waals surface area contributed by atoms with Crippen molar-refractivity contribution in [1.82, 2.24) is 34.4 Å². The molecule has 1 aliphatic heterocycles. The minimum absolute atomic E-state index is 0.314. The highest BCUT2D eigenvalue weighted by Crippen LogP contribution is 2.27. The summed E-state index contributed by atoms with van der Waals surface area (Å²) >= 11 is 6.13. The van der Waals surface area contributed by atoms with Gasteiger partial charge in [-0.3, -0.25) is 4.57 Å². The zero-order valence-corrected chi connectivity index (χ0v) is 22.6. The summed E-state index contributed by atoms with van der Waals surface area (Å²) in [5.41, 5.74) is 3.20. The van der Waals surface area contributed by atoms with Crippen molar-refractivity contribution in [3.05, 3.63) is 54.0 Å². The van der Waals surface area contributed by atoms with E-state index in [0.717, 1.165) is 22.5 Å². The molecule has 0 aliphatic carbocycles. The van der Waals surface area contributed by atoms with Crippen LogP contribution in [0, 0.1) is 0 Å². The van der Waals surface area contributed by atoms with Crippen LogP contribution in [-0.2, 0) is 11.3 Å². The molecule has 6 rings (SSSR count). The Labute approximate surface area is 229 Å². The van der Waals surface area contributed by atoms with Crippen LogP contribution in [0.15, 0.2) is 47.5 Å². The molecule has 5 aromatic rings. The second-order valence-corrected chi connectivity index (χ2v) is 10.7. The van der Waals surface area contributed by atoms with E-state index in [1.165, 1.54) is 0 Å². The molecular formula is C26H28ClN9O3. The fourth-order valence-corrected chi connectivity index (χ4v) is 4.61. The first kappa shape index (κ1) is 25.0. The van der Waals surface area contributed by atoms with Gasteiger partial charge in [0, 0.05) is 37.3 Å². The Bertz CT molecular complexity index is 1630. The van der Waals surface area contributed by atoms with Crippen molar-refractivity contribution in [2.45, 2.75) is 32.9 Å². The minimum atomic E-state index is -0.541. The monoisotopic (exact) mass is 549 g/mol. The molecule has 0 unspecified atom stereocenters. The second-order valence-electron chi connectivity index (χ2n) is 10.3. The van der Waals surface area contributed by atoms with Gasteiger partial charge in [-0.15, -0.1) is 0 Å². The Kier molecular flexibility index (Phi) is 6.26. The Balaban J connectivity index is 1.28. The van der Waals surface area contributed by atoms with Gasteiger partial charge in [-0.05, 0) is 39.0 Å². The molecule has 1 aliphatic rings. The van der Waals surface area contributed by atoms with Crippen LogP contribution in [0.4, 0.5) is 16.6 Å². The van der Waals surface area contributed by atoms with Gasteiger partial charge in [-0.25, -0.2) is 14.8 Å². The highest BCUT2D eigenvalue weighted by molar-refractivity contribution is 6.31. The molecule has 1 amide bonds. The van der Waals surface area contributed by atoms with Crippen LogP contribution in [-0.4, -0.2) is 72.3 Å². The van der Waals surface area contributed by atoms with Gasteiger partial charge in [0.2, 0.25) is 5.95 Å². The molecule has 39 heavy (non-hydrogen) atoms. The van der Waals surface area contributed by atoms with Gasteiger partial charge >= 0.3 is 6.09 Å². The SMILES string of the molecule is CC(C)(C)OC(=O)N1CCN(c2nc(NCc3nc4ccc(Cl)cc4[nH]3)c3ncn(-c4ccoc4)c3n2)CC1. The zero-order valence-electron chi connectivity index (χ0n) is 21.8. The second kappa shape index (κ2) is 9.77. The lowest BCUT2D eigenvalue weighted by Gasteiger charge is -2.35. The first-order valence-electron chi connectivity index (χ1n) is 12.6. The third-order valence-electron chi connectivity index (χ3n) is 6.30. The van der Waals surface area contributed by atoms with Crippen LogP contribution in [0.3, 0.4) is 0 Å². The number of nitrogens with one attached hydrogen (secondary N) is 2. The number of carbonyl (C=O) groups excluding carboxylic acids is 1. The van der Waals surface area contributed by atoms with E-state index < -0.39 is 5.60 Å². The van der Waals surface area contributed by atoms with E-state index in [9.17, 15) is 4.79 Å². The van der Waals surface area contributed by atoms with E-state index in [4.69, 9.17) is 30.7 Å². The van der Waals surface area contributed by atoms with Gasteiger partial charge in [0.05, 0.1) is 29.5 Å². The number of hydrogen-bond acceptors (Lipinski definition) is 9. The van der Waals surface area contributed by atoms with Crippen molar-refractivity contribution in [3.8, 4) is 5.69 Å². The first-order valence-corrected chi connectivity index (χ1v) is 13.0. The van der Waals surface area contributed by atoms with Gasteiger partial charge in [0.1, 0.15) is 24.0 Å². The van der Waals surface area contributed by atoms with Gasteiger partial charge in [-0.1, -0.05) is 11.6 Å². The summed E-state index contributed by atoms with van der Waals surface area (Å²) in [5.74, 6) is 1.85. The van der Waals surface area contributed by atoms with Crippen LogP contribution in [0.1, 0.15) is 26.6 Å². The van der Waals surface area contributed by atoms with Crippen LogP contribution < -0.4 is 10.2 Å². The zero-order chi connectivity index (χ0) is 27.1. The number of aromatic amines is 1. The number of rotatable bonds is 5. The number of amides is 1. The van der Waals surface area contributed by atoms with E-state index in [1.54, 1.807) is 23.8 Å². The maximum absolute atomic E-state index is 12.5. The number of aromatic nitrogens is 6. The lowest BCUT2D eigenvalue weighted by Crippen LogP contribution is -2.50. The molecule has 0 radical (unpaired) electrons. The average Bonchev–Trinajstić information content (AvgIpc) is 3.65. The number of piperazine rings is 1. The number of benzene rings is 1. The smallest absolute Gasteiger partial charge is 0.410 e. The Morgan fingerprint density at radius 3 is 2.72 bits per heavy atom. The third-order valence-corrected chi connectivity index (χ3v) is 6.53. The summed E-state index contributed by atoms with van der Waals surface area (Å²) in [6.45, 7) is 8.11. The fourth-order valence-electron chi connectivity index (χ4n) is 4.44. The predicted molar refractivity (Wildman–Crippen MR) is 147 cm³/mol. The number of imidazole rings is 2. The van der Waals surface area contributed by atoms with E-state index in [2.05, 4.69) is 25.2 Å². The molecule has 13 heteroatoms. The van der Waals surface area contributed by atoms with Crippen LogP contribution in [0.2, 0.25) is 5.02 Å². The number of anilines is 2. The molecule has 2 N–H and O–H groups in total. The number of furan rings is 1. The number of halogens is 1. The largest absolute Gasteiger partial charge is 0.470 e. The predicted octanol–water partition coefficient (Wildman–Crippen LogP) is 4.61. The quantitative estimate of drug-likeness (QED) is 0.323. The number of fused-ring (bicyclic) bond motifs is 2. The number of hydrogen-bond donors (Lipinski definition) is 2. The summed E-state index contributed by atoms with van der Waals surface area (Å²) in [7, 11) is 0. The van der Waals surface area contributed by atoms with Crippen molar-refractivity contribution in [2.75, 3.05) is 36.4 Å². The van der Waals surface area contributed by atoms with E-state index >= 15 is 0 Å². The van der Waals surface area contributed by atoms with Gasteiger partial charge in [0.15, 0.2) is 17.0 Å².